The van der Waals surface area contributed by atoms with Crippen LogP contribution in [0.25, 0.3) is 0 Å². The number of nitrogens with one attached hydrogen (secondary N) is 1. The molecular formula is C15H25N3O3. The van der Waals surface area contributed by atoms with Gasteiger partial charge in [-0.2, -0.15) is 5.10 Å². The molecule has 0 spiro atoms. The monoisotopic (exact) mass is 295 g/mol. The first kappa shape index (κ1) is 15.0. The number of hydrogen-bond donors (Lipinski definition) is 2. The smallest absolute Gasteiger partial charge is 0.183 e. The molecule has 3 rings (SSSR count). The van der Waals surface area contributed by atoms with Crippen LogP contribution in [0.1, 0.15) is 31.9 Å². The lowest BCUT2D eigenvalue weighted by Crippen LogP contribution is -2.57. The quantitative estimate of drug-likeness (QED) is 0.843. The summed E-state index contributed by atoms with van der Waals surface area (Å²) in [7, 11) is 0. The third kappa shape index (κ3) is 2.99. The van der Waals surface area contributed by atoms with E-state index in [4.69, 9.17) is 9.47 Å². The van der Waals surface area contributed by atoms with E-state index >= 15 is 0 Å². The van der Waals surface area contributed by atoms with Crippen molar-refractivity contribution < 1.29 is 14.6 Å². The lowest BCUT2D eigenvalue weighted by molar-refractivity contribution is -0.168. The average molecular weight is 295 g/mol. The number of hydrogen-bond acceptors (Lipinski definition) is 5. The van der Waals surface area contributed by atoms with Crippen molar-refractivity contribution in [1.29, 1.82) is 0 Å². The topological polar surface area (TPSA) is 68.5 Å². The van der Waals surface area contributed by atoms with E-state index in [0.717, 1.165) is 18.5 Å². The van der Waals surface area contributed by atoms with Crippen molar-refractivity contribution in [2.75, 3.05) is 13.2 Å². The normalized spacial score (nSPS) is 35.6. The maximum atomic E-state index is 10.8. The summed E-state index contributed by atoms with van der Waals surface area (Å²) in [6, 6.07) is -0.411. The molecule has 118 valence electrons. The fourth-order valence-corrected chi connectivity index (χ4v) is 3.07. The third-order valence-electron chi connectivity index (χ3n) is 4.27. The molecular weight excluding hydrogens is 270 g/mol. The van der Waals surface area contributed by atoms with E-state index in [1.165, 1.54) is 0 Å². The predicted octanol–water partition coefficient (Wildman–Crippen LogP) is 0.853. The molecule has 2 saturated heterocycles. The van der Waals surface area contributed by atoms with E-state index < -0.39 is 12.4 Å². The standard InChI is InChI=1S/C15H25N3O3/c1-9(2)4-5-16-12-11-8-20-15(21-11)13(14(12)19)18-7-10(3)6-17-18/h6-7,9,11-16,19H,4-5,8H2,1-3H3. The number of aliphatic hydroxyl groups excluding tert-OH is 1. The fourth-order valence-electron chi connectivity index (χ4n) is 3.07. The molecule has 0 aromatic carbocycles. The SMILES string of the molecule is Cc1cnn(C2C3OCC(O3)C(NCCC(C)C)C2O)c1. The highest BCUT2D eigenvalue weighted by molar-refractivity contribution is 5.05. The van der Waals surface area contributed by atoms with Crippen molar-refractivity contribution in [1.82, 2.24) is 15.1 Å². The van der Waals surface area contributed by atoms with Gasteiger partial charge in [0.2, 0.25) is 0 Å². The Morgan fingerprint density at radius 2 is 2.33 bits per heavy atom. The Bertz CT molecular complexity index is 476. The maximum absolute atomic E-state index is 10.8. The van der Waals surface area contributed by atoms with Gasteiger partial charge in [-0.25, -0.2) is 0 Å². The highest BCUT2D eigenvalue weighted by atomic mass is 16.7. The van der Waals surface area contributed by atoms with E-state index in [0.29, 0.717) is 12.5 Å². The van der Waals surface area contributed by atoms with E-state index in [1.807, 2.05) is 13.1 Å². The lowest BCUT2D eigenvalue weighted by Gasteiger charge is -2.38. The molecule has 21 heavy (non-hydrogen) atoms. The molecule has 2 aliphatic heterocycles. The Balaban J connectivity index is 1.73. The van der Waals surface area contributed by atoms with Gasteiger partial charge in [0, 0.05) is 6.20 Å². The van der Waals surface area contributed by atoms with Crippen LogP contribution in [0, 0.1) is 12.8 Å². The molecule has 5 atom stereocenters. The highest BCUT2D eigenvalue weighted by Gasteiger charge is 2.51. The summed E-state index contributed by atoms with van der Waals surface area (Å²) in [6.07, 6.45) is 3.73. The second-order valence-corrected chi connectivity index (χ2v) is 6.52. The lowest BCUT2D eigenvalue weighted by atomic mass is 9.95. The zero-order chi connectivity index (χ0) is 15.0. The van der Waals surface area contributed by atoms with Gasteiger partial charge in [0.1, 0.15) is 12.1 Å². The van der Waals surface area contributed by atoms with Crippen LogP contribution in [0.15, 0.2) is 12.4 Å². The first-order valence-corrected chi connectivity index (χ1v) is 7.75. The minimum atomic E-state index is -0.567. The molecule has 2 fully saturated rings. The molecule has 2 aliphatic rings. The van der Waals surface area contributed by atoms with Crippen LogP contribution < -0.4 is 5.32 Å². The molecule has 1 aromatic heterocycles. The molecule has 0 radical (unpaired) electrons. The largest absolute Gasteiger partial charge is 0.389 e. The van der Waals surface area contributed by atoms with Gasteiger partial charge in [-0.15, -0.1) is 0 Å². The van der Waals surface area contributed by atoms with Gasteiger partial charge in [0.05, 0.1) is 24.9 Å². The van der Waals surface area contributed by atoms with Gasteiger partial charge in [0.15, 0.2) is 6.29 Å². The van der Waals surface area contributed by atoms with Crippen LogP contribution in [0.5, 0.6) is 0 Å². The van der Waals surface area contributed by atoms with Gasteiger partial charge in [-0.05, 0) is 31.4 Å². The molecule has 1 aromatic rings. The van der Waals surface area contributed by atoms with Crippen LogP contribution in [0.4, 0.5) is 0 Å². The van der Waals surface area contributed by atoms with Crippen molar-refractivity contribution >= 4 is 0 Å². The number of ether oxygens (including phenoxy) is 2. The number of fused-ring (bicyclic) bond motifs is 2. The zero-order valence-corrected chi connectivity index (χ0v) is 12.9. The van der Waals surface area contributed by atoms with E-state index in [-0.39, 0.29) is 18.2 Å². The van der Waals surface area contributed by atoms with Gasteiger partial charge in [0.25, 0.3) is 0 Å². The zero-order valence-electron chi connectivity index (χ0n) is 12.9. The molecule has 3 heterocycles. The van der Waals surface area contributed by atoms with Crippen molar-refractivity contribution in [2.24, 2.45) is 5.92 Å². The summed E-state index contributed by atoms with van der Waals surface area (Å²) in [5.74, 6) is 0.635. The Morgan fingerprint density at radius 3 is 3.00 bits per heavy atom. The van der Waals surface area contributed by atoms with Gasteiger partial charge in [-0.3, -0.25) is 4.68 Å². The summed E-state index contributed by atoms with van der Waals surface area (Å²) in [5, 5.41) is 18.5. The summed E-state index contributed by atoms with van der Waals surface area (Å²) >= 11 is 0. The first-order valence-electron chi connectivity index (χ1n) is 7.75. The molecule has 6 nitrogen and oxygen atoms in total. The fraction of sp³-hybridized carbons (Fsp3) is 0.800. The van der Waals surface area contributed by atoms with Gasteiger partial charge >= 0.3 is 0 Å². The molecule has 5 unspecified atom stereocenters. The number of aryl methyl sites for hydroxylation is 1. The average Bonchev–Trinajstić information content (AvgIpc) is 3.02. The van der Waals surface area contributed by atoms with E-state index in [2.05, 4.69) is 24.3 Å². The third-order valence-corrected chi connectivity index (χ3v) is 4.27. The van der Waals surface area contributed by atoms with Crippen molar-refractivity contribution in [3.63, 3.8) is 0 Å². The minimum Gasteiger partial charge on any atom is -0.389 e. The van der Waals surface area contributed by atoms with Crippen molar-refractivity contribution in [2.45, 2.75) is 57.8 Å². The summed E-state index contributed by atoms with van der Waals surface area (Å²) < 4.78 is 13.4. The maximum Gasteiger partial charge on any atom is 0.183 e. The molecule has 6 heteroatoms. The Kier molecular flexibility index (Phi) is 4.31. The molecule has 0 amide bonds. The minimum absolute atomic E-state index is 0.0786. The van der Waals surface area contributed by atoms with Gasteiger partial charge in [-0.1, -0.05) is 13.8 Å². The molecule has 2 bridgehead atoms. The first-order chi connectivity index (χ1) is 10.1. The van der Waals surface area contributed by atoms with Crippen LogP contribution >= 0.6 is 0 Å². The Hall–Kier alpha value is -0.950. The van der Waals surface area contributed by atoms with E-state index in [1.54, 1.807) is 10.9 Å². The van der Waals surface area contributed by atoms with Crippen LogP contribution in [-0.2, 0) is 9.47 Å². The number of rotatable bonds is 5. The second-order valence-electron chi connectivity index (χ2n) is 6.52. The van der Waals surface area contributed by atoms with E-state index in [9.17, 15) is 5.11 Å². The number of nitrogens with zero attached hydrogens (tertiary/aromatic N) is 2. The van der Waals surface area contributed by atoms with Crippen LogP contribution in [0.2, 0.25) is 0 Å². The molecule has 0 saturated carbocycles. The van der Waals surface area contributed by atoms with Crippen LogP contribution in [-0.4, -0.2) is 52.6 Å². The van der Waals surface area contributed by atoms with Crippen LogP contribution in [0.3, 0.4) is 0 Å². The number of aromatic nitrogens is 2. The summed E-state index contributed by atoms with van der Waals surface area (Å²) in [4.78, 5) is 0. The summed E-state index contributed by atoms with van der Waals surface area (Å²) in [5.41, 5.74) is 1.06. The molecule has 2 N–H and O–H groups in total. The Morgan fingerprint density at radius 1 is 1.52 bits per heavy atom. The number of aliphatic hydroxyl groups is 1. The molecule has 0 aliphatic carbocycles. The highest BCUT2D eigenvalue weighted by Crippen LogP contribution is 2.35. The second kappa shape index (κ2) is 6.04. The van der Waals surface area contributed by atoms with Crippen molar-refractivity contribution in [3.05, 3.63) is 18.0 Å². The van der Waals surface area contributed by atoms with Gasteiger partial charge < -0.3 is 19.9 Å². The Labute approximate surface area is 125 Å². The predicted molar refractivity (Wildman–Crippen MR) is 77.9 cm³/mol. The summed E-state index contributed by atoms with van der Waals surface area (Å²) in [6.45, 7) is 7.77. The van der Waals surface area contributed by atoms with Crippen molar-refractivity contribution in [3.8, 4) is 0 Å².